The zero-order chi connectivity index (χ0) is 21.6. The van der Waals surface area contributed by atoms with Crippen LogP contribution in [0, 0.1) is 0 Å². The lowest BCUT2D eigenvalue weighted by Gasteiger charge is -2.28. The highest BCUT2D eigenvalue weighted by Gasteiger charge is 2.31. The minimum absolute atomic E-state index is 0.0662. The molecule has 3 heterocycles. The van der Waals surface area contributed by atoms with Gasteiger partial charge in [-0.25, -0.2) is 0 Å². The van der Waals surface area contributed by atoms with Gasteiger partial charge in [-0.1, -0.05) is 37.3 Å². The van der Waals surface area contributed by atoms with Crippen LogP contribution < -0.4 is 0 Å². The molecule has 2 N–H and O–H groups in total. The SMILES string of the molecule is CCCN(C(=O)c1ccc(-c2c[nH]nc2-c2ccccc2)[nH]1)[C@@H]1CCN(CCOC)C1. The Morgan fingerprint density at radius 3 is 2.87 bits per heavy atom. The maximum atomic E-state index is 13.4. The van der Waals surface area contributed by atoms with Crippen LogP contribution in [0.5, 0.6) is 0 Å². The highest BCUT2D eigenvalue weighted by molar-refractivity contribution is 5.94. The molecule has 0 radical (unpaired) electrons. The number of hydrogen-bond acceptors (Lipinski definition) is 4. The van der Waals surface area contributed by atoms with E-state index in [0.29, 0.717) is 5.69 Å². The van der Waals surface area contributed by atoms with E-state index in [0.717, 1.165) is 68.1 Å². The highest BCUT2D eigenvalue weighted by atomic mass is 16.5. The lowest BCUT2D eigenvalue weighted by Crippen LogP contribution is -2.43. The topological polar surface area (TPSA) is 77.2 Å². The van der Waals surface area contributed by atoms with Crippen molar-refractivity contribution in [2.45, 2.75) is 25.8 Å². The number of ether oxygens (including phenoxy) is 1. The summed E-state index contributed by atoms with van der Waals surface area (Å²) in [7, 11) is 1.73. The molecular formula is C24H31N5O2. The summed E-state index contributed by atoms with van der Waals surface area (Å²) in [5.41, 5.74) is 4.38. The fraction of sp³-hybridized carbons (Fsp3) is 0.417. The molecule has 0 bridgehead atoms. The number of rotatable bonds is 9. The molecule has 1 fully saturated rings. The van der Waals surface area contributed by atoms with Crippen molar-refractivity contribution in [3.8, 4) is 22.5 Å². The van der Waals surface area contributed by atoms with E-state index in [1.54, 1.807) is 7.11 Å². The molecule has 1 aromatic carbocycles. The molecule has 1 amide bonds. The molecule has 7 nitrogen and oxygen atoms in total. The van der Waals surface area contributed by atoms with Crippen LogP contribution in [0.15, 0.2) is 48.7 Å². The molecule has 1 aliphatic rings. The maximum absolute atomic E-state index is 13.4. The predicted octanol–water partition coefficient (Wildman–Crippen LogP) is 3.64. The van der Waals surface area contributed by atoms with Gasteiger partial charge in [0.05, 0.1) is 6.61 Å². The van der Waals surface area contributed by atoms with E-state index in [2.05, 4.69) is 27.0 Å². The Morgan fingerprint density at radius 1 is 1.26 bits per heavy atom. The molecule has 1 aliphatic heterocycles. The third-order valence-corrected chi connectivity index (χ3v) is 5.92. The lowest BCUT2D eigenvalue weighted by molar-refractivity contribution is 0.0673. The first-order valence-corrected chi connectivity index (χ1v) is 11.0. The minimum Gasteiger partial charge on any atom is -0.383 e. The molecule has 0 saturated carbocycles. The van der Waals surface area contributed by atoms with Gasteiger partial charge in [0.25, 0.3) is 5.91 Å². The largest absolute Gasteiger partial charge is 0.383 e. The molecule has 2 aromatic heterocycles. The molecule has 7 heteroatoms. The quantitative estimate of drug-likeness (QED) is 0.553. The summed E-state index contributed by atoms with van der Waals surface area (Å²) in [4.78, 5) is 21.2. The first-order valence-electron chi connectivity index (χ1n) is 11.0. The Morgan fingerprint density at radius 2 is 2.10 bits per heavy atom. The fourth-order valence-corrected chi connectivity index (χ4v) is 4.32. The predicted molar refractivity (Wildman–Crippen MR) is 122 cm³/mol. The second kappa shape index (κ2) is 9.94. The first-order chi connectivity index (χ1) is 15.2. The number of nitrogens with one attached hydrogen (secondary N) is 2. The monoisotopic (exact) mass is 421 g/mol. The van der Waals surface area contributed by atoms with E-state index >= 15 is 0 Å². The van der Waals surface area contributed by atoms with Gasteiger partial charge >= 0.3 is 0 Å². The van der Waals surface area contributed by atoms with Gasteiger partial charge in [-0.05, 0) is 25.0 Å². The van der Waals surface area contributed by atoms with Gasteiger partial charge in [-0.15, -0.1) is 0 Å². The van der Waals surface area contributed by atoms with Crippen LogP contribution in [-0.4, -0.2) is 76.8 Å². The molecule has 4 rings (SSSR count). The van der Waals surface area contributed by atoms with Crippen LogP contribution in [0.3, 0.4) is 0 Å². The number of methoxy groups -OCH3 is 1. The molecule has 1 saturated heterocycles. The third kappa shape index (κ3) is 4.73. The first kappa shape index (κ1) is 21.3. The number of carbonyl (C=O) groups is 1. The third-order valence-electron chi connectivity index (χ3n) is 5.92. The van der Waals surface area contributed by atoms with E-state index < -0.39 is 0 Å². The Bertz CT molecular complexity index is 981. The molecule has 1 atom stereocenters. The molecule has 0 spiro atoms. The van der Waals surface area contributed by atoms with Crippen LogP contribution in [-0.2, 0) is 4.74 Å². The molecule has 0 aliphatic carbocycles. The van der Waals surface area contributed by atoms with Crippen LogP contribution in [0.1, 0.15) is 30.3 Å². The number of amides is 1. The average Bonchev–Trinajstić information content (AvgIpc) is 3.56. The summed E-state index contributed by atoms with van der Waals surface area (Å²) < 4.78 is 5.21. The van der Waals surface area contributed by atoms with Gasteiger partial charge in [0, 0.05) is 62.3 Å². The van der Waals surface area contributed by atoms with Crippen LogP contribution >= 0.6 is 0 Å². The molecular weight excluding hydrogens is 390 g/mol. The number of aromatic nitrogens is 3. The van der Waals surface area contributed by atoms with E-state index in [9.17, 15) is 4.79 Å². The standard InChI is InChI=1S/C24H31N5O2/c1-3-12-29(19-11-13-28(17-19)14-15-31-2)24(30)22-10-9-21(26-22)20-16-25-27-23(20)18-7-5-4-6-8-18/h4-10,16,19,26H,3,11-15,17H2,1-2H3,(H,25,27)/t19-/m1/s1. The number of nitrogens with zero attached hydrogens (tertiary/aromatic N) is 3. The number of aromatic amines is 2. The van der Waals surface area contributed by atoms with Crippen molar-refractivity contribution in [1.82, 2.24) is 25.0 Å². The summed E-state index contributed by atoms with van der Waals surface area (Å²) in [5, 5.41) is 7.38. The van der Waals surface area contributed by atoms with Gasteiger partial charge in [0.15, 0.2) is 0 Å². The summed E-state index contributed by atoms with van der Waals surface area (Å²) in [6, 6.07) is 14.1. The van der Waals surface area contributed by atoms with Crippen molar-refractivity contribution >= 4 is 5.91 Å². The molecule has 0 unspecified atom stereocenters. The van der Waals surface area contributed by atoms with Gasteiger partial charge < -0.3 is 14.6 Å². The van der Waals surface area contributed by atoms with Crippen LogP contribution in [0.4, 0.5) is 0 Å². The summed E-state index contributed by atoms with van der Waals surface area (Å²) in [6.07, 6.45) is 3.81. The van der Waals surface area contributed by atoms with Crippen molar-refractivity contribution in [3.05, 3.63) is 54.4 Å². The zero-order valence-electron chi connectivity index (χ0n) is 18.3. The van der Waals surface area contributed by atoms with Crippen molar-refractivity contribution in [2.24, 2.45) is 0 Å². The number of benzene rings is 1. The van der Waals surface area contributed by atoms with E-state index in [1.807, 2.05) is 53.6 Å². The second-order valence-electron chi connectivity index (χ2n) is 8.03. The highest BCUT2D eigenvalue weighted by Crippen LogP contribution is 2.30. The number of likely N-dealkylation sites (tertiary alicyclic amines) is 1. The van der Waals surface area contributed by atoms with E-state index in [1.165, 1.54) is 0 Å². The molecule has 164 valence electrons. The normalized spacial score (nSPS) is 16.6. The van der Waals surface area contributed by atoms with Crippen molar-refractivity contribution < 1.29 is 9.53 Å². The Balaban J connectivity index is 1.52. The second-order valence-corrected chi connectivity index (χ2v) is 8.03. The Labute approximate surface area is 183 Å². The molecule has 3 aromatic rings. The van der Waals surface area contributed by atoms with Crippen molar-refractivity contribution in [1.29, 1.82) is 0 Å². The van der Waals surface area contributed by atoms with Gasteiger partial charge in [0.1, 0.15) is 11.4 Å². The summed E-state index contributed by atoms with van der Waals surface area (Å²) >= 11 is 0. The van der Waals surface area contributed by atoms with Gasteiger partial charge in [-0.2, -0.15) is 5.10 Å². The Kier molecular flexibility index (Phi) is 6.84. The van der Waals surface area contributed by atoms with Gasteiger partial charge in [0.2, 0.25) is 0 Å². The summed E-state index contributed by atoms with van der Waals surface area (Å²) in [6.45, 7) is 6.43. The number of carbonyl (C=O) groups excluding carboxylic acids is 1. The Hall–Kier alpha value is -2.90. The smallest absolute Gasteiger partial charge is 0.270 e. The fourth-order valence-electron chi connectivity index (χ4n) is 4.32. The lowest BCUT2D eigenvalue weighted by atomic mass is 10.1. The number of hydrogen-bond donors (Lipinski definition) is 2. The van der Waals surface area contributed by atoms with Crippen molar-refractivity contribution in [2.75, 3.05) is 39.9 Å². The summed E-state index contributed by atoms with van der Waals surface area (Å²) in [5.74, 6) is 0.0662. The molecule has 31 heavy (non-hydrogen) atoms. The van der Waals surface area contributed by atoms with Gasteiger partial charge in [-0.3, -0.25) is 14.8 Å². The zero-order valence-corrected chi connectivity index (χ0v) is 18.3. The average molecular weight is 422 g/mol. The minimum atomic E-state index is 0.0662. The van der Waals surface area contributed by atoms with Crippen LogP contribution in [0.25, 0.3) is 22.5 Å². The number of H-pyrrole nitrogens is 2. The van der Waals surface area contributed by atoms with Crippen molar-refractivity contribution in [3.63, 3.8) is 0 Å². The van der Waals surface area contributed by atoms with Crippen LogP contribution in [0.2, 0.25) is 0 Å². The van der Waals surface area contributed by atoms with E-state index in [-0.39, 0.29) is 11.9 Å². The van der Waals surface area contributed by atoms with E-state index in [4.69, 9.17) is 4.74 Å². The maximum Gasteiger partial charge on any atom is 0.270 e.